The largest absolute Gasteiger partial charge is 0.381 e. The van der Waals surface area contributed by atoms with Gasteiger partial charge < -0.3 is 15.0 Å². The number of nitrogens with zero attached hydrogens (tertiary/aromatic N) is 2. The third kappa shape index (κ3) is 3.45. The minimum absolute atomic E-state index is 0.667. The summed E-state index contributed by atoms with van der Waals surface area (Å²) in [5.41, 5.74) is 0. The fourth-order valence-corrected chi connectivity index (χ4v) is 2.93. The summed E-state index contributed by atoms with van der Waals surface area (Å²) in [5.74, 6) is 1.85. The summed E-state index contributed by atoms with van der Waals surface area (Å²) in [6.07, 6.45) is 5.52. The van der Waals surface area contributed by atoms with Crippen LogP contribution in [0.3, 0.4) is 0 Å². The van der Waals surface area contributed by atoms with Gasteiger partial charge in [0, 0.05) is 38.5 Å². The van der Waals surface area contributed by atoms with Crippen LogP contribution in [0.4, 0.5) is 5.82 Å². The second-order valence-electron chi connectivity index (χ2n) is 5.59. The number of aromatic nitrogens is 1. The van der Waals surface area contributed by atoms with Crippen LogP contribution in [0, 0.1) is 5.92 Å². The number of anilines is 1. The van der Waals surface area contributed by atoms with Crippen molar-refractivity contribution < 1.29 is 4.74 Å². The minimum Gasteiger partial charge on any atom is -0.381 e. The predicted octanol–water partition coefficient (Wildman–Crippen LogP) is 1.68. The van der Waals surface area contributed by atoms with Gasteiger partial charge in [0.05, 0.1) is 6.61 Å². The van der Waals surface area contributed by atoms with Crippen LogP contribution in [0.15, 0.2) is 24.4 Å². The molecule has 4 heteroatoms. The van der Waals surface area contributed by atoms with Gasteiger partial charge in [-0.3, -0.25) is 0 Å². The Balaban J connectivity index is 1.42. The Bertz CT molecular complexity index is 370. The van der Waals surface area contributed by atoms with Gasteiger partial charge in [-0.05, 0) is 37.3 Å². The highest BCUT2D eigenvalue weighted by Gasteiger charge is 2.21. The van der Waals surface area contributed by atoms with Gasteiger partial charge in [0.2, 0.25) is 0 Å². The molecule has 2 aliphatic heterocycles. The molecule has 0 radical (unpaired) electrons. The second kappa shape index (κ2) is 6.35. The van der Waals surface area contributed by atoms with E-state index in [4.69, 9.17) is 4.74 Å². The summed E-state index contributed by atoms with van der Waals surface area (Å²) in [4.78, 5) is 6.81. The van der Waals surface area contributed by atoms with E-state index in [2.05, 4.69) is 27.3 Å². The maximum atomic E-state index is 5.42. The lowest BCUT2D eigenvalue weighted by Gasteiger charge is -2.33. The highest BCUT2D eigenvalue weighted by Crippen LogP contribution is 2.18. The van der Waals surface area contributed by atoms with Gasteiger partial charge in [-0.25, -0.2) is 4.98 Å². The van der Waals surface area contributed by atoms with E-state index in [0.29, 0.717) is 6.04 Å². The highest BCUT2D eigenvalue weighted by atomic mass is 16.5. The predicted molar refractivity (Wildman–Crippen MR) is 76.4 cm³/mol. The summed E-state index contributed by atoms with van der Waals surface area (Å²) >= 11 is 0. The molecule has 0 saturated carbocycles. The lowest BCUT2D eigenvalue weighted by Crippen LogP contribution is -2.44. The maximum Gasteiger partial charge on any atom is 0.128 e. The normalized spacial score (nSPS) is 24.8. The Morgan fingerprint density at radius 2 is 2.16 bits per heavy atom. The first-order valence-corrected chi connectivity index (χ1v) is 7.39. The smallest absolute Gasteiger partial charge is 0.128 e. The van der Waals surface area contributed by atoms with Crippen molar-refractivity contribution in [3.8, 4) is 0 Å². The van der Waals surface area contributed by atoms with Gasteiger partial charge in [0.1, 0.15) is 5.82 Å². The zero-order valence-electron chi connectivity index (χ0n) is 11.4. The molecule has 3 rings (SSSR count). The van der Waals surface area contributed by atoms with Crippen molar-refractivity contribution in [2.75, 3.05) is 37.7 Å². The number of rotatable bonds is 4. The van der Waals surface area contributed by atoms with Crippen LogP contribution < -0.4 is 10.2 Å². The zero-order chi connectivity index (χ0) is 12.9. The molecule has 1 N–H and O–H groups in total. The Morgan fingerprint density at radius 3 is 2.84 bits per heavy atom. The van der Waals surface area contributed by atoms with Gasteiger partial charge in [-0.1, -0.05) is 6.07 Å². The van der Waals surface area contributed by atoms with Crippen molar-refractivity contribution in [3.05, 3.63) is 24.4 Å². The summed E-state index contributed by atoms with van der Waals surface area (Å²) < 4.78 is 5.42. The molecule has 4 nitrogen and oxygen atoms in total. The van der Waals surface area contributed by atoms with E-state index in [1.54, 1.807) is 0 Å². The van der Waals surface area contributed by atoms with Crippen molar-refractivity contribution in [3.63, 3.8) is 0 Å². The summed E-state index contributed by atoms with van der Waals surface area (Å²) in [5, 5.41) is 3.71. The van der Waals surface area contributed by atoms with Gasteiger partial charge in [0.25, 0.3) is 0 Å². The Hall–Kier alpha value is -1.13. The monoisotopic (exact) mass is 261 g/mol. The summed E-state index contributed by atoms with van der Waals surface area (Å²) in [6, 6.07) is 6.80. The average Bonchev–Trinajstić information content (AvgIpc) is 3.00. The van der Waals surface area contributed by atoms with Crippen LogP contribution in [0.5, 0.6) is 0 Å². The SMILES string of the molecule is c1ccc(N2CCC(NCC3CCOC3)CC2)nc1. The maximum absolute atomic E-state index is 5.42. The van der Waals surface area contributed by atoms with Crippen molar-refractivity contribution in [1.29, 1.82) is 0 Å². The minimum atomic E-state index is 0.667. The molecule has 1 unspecified atom stereocenters. The van der Waals surface area contributed by atoms with Gasteiger partial charge >= 0.3 is 0 Å². The van der Waals surface area contributed by atoms with Gasteiger partial charge in [-0.15, -0.1) is 0 Å². The topological polar surface area (TPSA) is 37.4 Å². The molecule has 1 aromatic heterocycles. The van der Waals surface area contributed by atoms with Gasteiger partial charge in [0.15, 0.2) is 0 Å². The molecule has 0 aliphatic carbocycles. The van der Waals surface area contributed by atoms with E-state index >= 15 is 0 Å². The summed E-state index contributed by atoms with van der Waals surface area (Å²) in [7, 11) is 0. The molecular weight excluding hydrogens is 238 g/mol. The number of hydrogen-bond acceptors (Lipinski definition) is 4. The molecule has 1 atom stereocenters. The van der Waals surface area contributed by atoms with E-state index in [-0.39, 0.29) is 0 Å². The van der Waals surface area contributed by atoms with Crippen LogP contribution in [0.2, 0.25) is 0 Å². The van der Waals surface area contributed by atoms with Crippen molar-refractivity contribution in [1.82, 2.24) is 10.3 Å². The number of nitrogens with one attached hydrogen (secondary N) is 1. The molecular formula is C15H23N3O. The Labute approximate surface area is 115 Å². The zero-order valence-corrected chi connectivity index (χ0v) is 11.4. The molecule has 0 spiro atoms. The van der Waals surface area contributed by atoms with E-state index in [1.165, 1.54) is 19.3 Å². The molecule has 104 valence electrons. The standard InChI is InChI=1S/C15H23N3O/c1-2-7-16-15(3-1)18-8-4-14(5-9-18)17-11-13-6-10-19-12-13/h1-3,7,13-14,17H,4-6,8-12H2. The molecule has 1 aromatic rings. The fraction of sp³-hybridized carbons (Fsp3) is 0.667. The van der Waals surface area contributed by atoms with Crippen molar-refractivity contribution >= 4 is 5.82 Å². The first-order chi connectivity index (χ1) is 9.42. The van der Waals surface area contributed by atoms with Crippen LogP contribution in [-0.2, 0) is 4.74 Å². The molecule has 2 aliphatic rings. The number of hydrogen-bond donors (Lipinski definition) is 1. The van der Waals surface area contributed by atoms with Crippen molar-refractivity contribution in [2.45, 2.75) is 25.3 Å². The number of piperidine rings is 1. The lowest BCUT2D eigenvalue weighted by atomic mass is 10.0. The lowest BCUT2D eigenvalue weighted by molar-refractivity contribution is 0.184. The van der Waals surface area contributed by atoms with Crippen LogP contribution >= 0.6 is 0 Å². The van der Waals surface area contributed by atoms with Crippen LogP contribution in [0.25, 0.3) is 0 Å². The first-order valence-electron chi connectivity index (χ1n) is 7.39. The van der Waals surface area contributed by atoms with Crippen LogP contribution in [0.1, 0.15) is 19.3 Å². The summed E-state index contributed by atoms with van der Waals surface area (Å²) in [6.45, 7) is 5.23. The average molecular weight is 261 g/mol. The number of pyridine rings is 1. The van der Waals surface area contributed by atoms with E-state index in [9.17, 15) is 0 Å². The third-order valence-corrected chi connectivity index (χ3v) is 4.19. The Morgan fingerprint density at radius 1 is 1.26 bits per heavy atom. The Kier molecular flexibility index (Phi) is 4.30. The fourth-order valence-electron chi connectivity index (χ4n) is 2.93. The molecule has 2 saturated heterocycles. The molecule has 2 fully saturated rings. The molecule has 3 heterocycles. The van der Waals surface area contributed by atoms with Crippen LogP contribution in [-0.4, -0.2) is 43.9 Å². The molecule has 0 bridgehead atoms. The molecule has 0 aromatic carbocycles. The highest BCUT2D eigenvalue weighted by molar-refractivity contribution is 5.38. The quantitative estimate of drug-likeness (QED) is 0.895. The molecule has 0 amide bonds. The number of ether oxygens (including phenoxy) is 1. The van der Waals surface area contributed by atoms with E-state index < -0.39 is 0 Å². The van der Waals surface area contributed by atoms with Gasteiger partial charge in [-0.2, -0.15) is 0 Å². The third-order valence-electron chi connectivity index (χ3n) is 4.19. The second-order valence-corrected chi connectivity index (χ2v) is 5.59. The van der Waals surface area contributed by atoms with E-state index in [1.807, 2.05) is 12.3 Å². The molecule has 19 heavy (non-hydrogen) atoms. The van der Waals surface area contributed by atoms with Crippen molar-refractivity contribution in [2.24, 2.45) is 5.92 Å². The van der Waals surface area contributed by atoms with E-state index in [0.717, 1.165) is 44.6 Å². The first kappa shape index (κ1) is 12.9.